The number of ether oxygens (including phenoxy) is 2. The van der Waals surface area contributed by atoms with Gasteiger partial charge in [-0.1, -0.05) is 0 Å². The Kier molecular flexibility index (Phi) is 4.79. The normalized spacial score (nSPS) is 11.1. The Morgan fingerprint density at radius 3 is 1.27 bits per heavy atom. The Morgan fingerprint density at radius 2 is 1.05 bits per heavy atom. The van der Waals surface area contributed by atoms with Gasteiger partial charge in [-0.15, -0.1) is 0 Å². The molecule has 1 aliphatic carbocycles. The van der Waals surface area contributed by atoms with Gasteiger partial charge in [0, 0.05) is 16.7 Å². The second-order valence-electron chi connectivity index (χ2n) is 3.68. The summed E-state index contributed by atoms with van der Waals surface area (Å²) >= 11 is 0. The van der Waals surface area contributed by atoms with Crippen LogP contribution in [0.25, 0.3) is 0 Å². The van der Waals surface area contributed by atoms with Crippen molar-refractivity contribution in [3.05, 3.63) is 33.4 Å². The third-order valence-electron chi connectivity index (χ3n) is 2.66. The van der Waals surface area contributed by atoms with Crippen molar-refractivity contribution < 1.29 is 19.1 Å². The molecule has 0 aromatic carbocycles. The van der Waals surface area contributed by atoms with E-state index in [1.54, 1.807) is 24.3 Å². The summed E-state index contributed by atoms with van der Waals surface area (Å²) in [7, 11) is 2.04. The predicted octanol–water partition coefficient (Wildman–Crippen LogP) is 0.330. The van der Waals surface area contributed by atoms with Crippen molar-refractivity contribution in [2.45, 2.75) is 0 Å². The van der Waals surface area contributed by atoms with Crippen LogP contribution in [0.3, 0.4) is 0 Å². The number of methoxy groups -OCH3 is 2. The molecule has 0 aromatic heterocycles. The summed E-state index contributed by atoms with van der Waals surface area (Å²) in [6, 6.07) is 6.29. The maximum absolute atomic E-state index is 11.7. The molecule has 0 bridgehead atoms. The van der Waals surface area contributed by atoms with E-state index >= 15 is 0 Å². The van der Waals surface area contributed by atoms with Crippen LogP contribution in [-0.2, 0) is 19.1 Å². The van der Waals surface area contributed by atoms with E-state index in [4.69, 9.17) is 21.0 Å². The molecule has 0 unspecified atom stereocenters. The number of hydrogen-bond acceptors (Lipinski definition) is 8. The molecule has 1 fully saturated rings. The molecule has 0 atom stereocenters. The van der Waals surface area contributed by atoms with Crippen LogP contribution in [-0.4, -0.2) is 26.2 Å². The lowest BCUT2D eigenvalue weighted by molar-refractivity contribution is -0.144. The summed E-state index contributed by atoms with van der Waals surface area (Å²) in [5.74, 6) is -2.14. The van der Waals surface area contributed by atoms with Crippen molar-refractivity contribution in [2.75, 3.05) is 14.2 Å². The number of carbonyl (C=O) groups is 2. The largest absolute Gasteiger partial charge is 0.465 e. The minimum Gasteiger partial charge on any atom is -0.465 e. The van der Waals surface area contributed by atoms with E-state index in [2.05, 4.69) is 9.47 Å². The van der Waals surface area contributed by atoms with Gasteiger partial charge in [0.2, 0.25) is 0 Å². The van der Waals surface area contributed by atoms with Gasteiger partial charge in [-0.25, -0.2) is 9.59 Å². The van der Waals surface area contributed by atoms with Crippen molar-refractivity contribution in [3.8, 4) is 24.3 Å². The topological polar surface area (TPSA) is 148 Å². The number of esters is 2. The van der Waals surface area contributed by atoms with Gasteiger partial charge in [-0.3, -0.25) is 0 Å². The molecule has 0 N–H and O–H groups in total. The van der Waals surface area contributed by atoms with Gasteiger partial charge in [-0.2, -0.15) is 21.0 Å². The maximum atomic E-state index is 11.7. The summed E-state index contributed by atoms with van der Waals surface area (Å²) in [5, 5.41) is 35.6. The lowest BCUT2D eigenvalue weighted by Gasteiger charge is -2.01. The minimum atomic E-state index is -1.07. The lowest BCUT2D eigenvalue weighted by atomic mass is 10.2. The van der Waals surface area contributed by atoms with E-state index in [0.29, 0.717) is 0 Å². The molecular formula is C14H6N4O4. The van der Waals surface area contributed by atoms with E-state index in [0.717, 1.165) is 14.2 Å². The standard InChI is InChI=1S/C14H6N4O4/c1-21-13(19)12(14(20)22-2)11-9(7(3-15)4-16)10(11)8(5-17)6-18/h1-2H3. The van der Waals surface area contributed by atoms with E-state index in [1.165, 1.54) is 0 Å². The number of rotatable bonds is 2. The molecule has 0 saturated heterocycles. The molecule has 0 heterocycles. The molecule has 8 heteroatoms. The highest BCUT2D eigenvalue weighted by atomic mass is 16.5. The Balaban J connectivity index is 3.88. The highest BCUT2D eigenvalue weighted by Gasteiger charge is 2.45. The van der Waals surface area contributed by atoms with Crippen LogP contribution in [0.5, 0.6) is 0 Å². The average Bonchev–Trinajstić information content (AvgIpc) is 3.24. The molecule has 1 rings (SSSR count). The quantitative estimate of drug-likeness (QED) is 0.232. The fourth-order valence-electron chi connectivity index (χ4n) is 1.70. The third-order valence-corrected chi connectivity index (χ3v) is 2.66. The number of hydrogen-bond donors (Lipinski definition) is 0. The smallest absolute Gasteiger partial charge is 0.345 e. The molecule has 1 aliphatic rings. The first-order valence-corrected chi connectivity index (χ1v) is 5.53. The van der Waals surface area contributed by atoms with Crippen molar-refractivity contribution in [2.24, 2.45) is 0 Å². The lowest BCUT2D eigenvalue weighted by Crippen LogP contribution is -2.16. The zero-order valence-corrected chi connectivity index (χ0v) is 11.4. The molecular weight excluding hydrogens is 288 g/mol. The minimum absolute atomic E-state index is 0.103. The van der Waals surface area contributed by atoms with Gasteiger partial charge in [0.25, 0.3) is 0 Å². The van der Waals surface area contributed by atoms with Crippen LogP contribution in [0, 0.1) is 45.3 Å². The third kappa shape index (κ3) is 2.54. The van der Waals surface area contributed by atoms with Crippen LogP contribution in [0.4, 0.5) is 0 Å². The van der Waals surface area contributed by atoms with E-state index in [-0.39, 0.29) is 16.7 Å². The van der Waals surface area contributed by atoms with Gasteiger partial charge in [0.1, 0.15) is 35.4 Å². The van der Waals surface area contributed by atoms with Crippen LogP contribution in [0.2, 0.25) is 0 Å². The second kappa shape index (κ2) is 6.52. The summed E-state index contributed by atoms with van der Waals surface area (Å²) < 4.78 is 8.91. The van der Waals surface area contributed by atoms with Gasteiger partial charge < -0.3 is 9.47 Å². The Hall–Kier alpha value is -3.88. The SMILES string of the molecule is COC(=O)C(C(=O)OC)=C1C(=C(C#N)C#N)C1=C(C#N)C#N. The fraction of sp³-hybridized carbons (Fsp3) is 0.143. The average molecular weight is 294 g/mol. The monoisotopic (exact) mass is 294 g/mol. The van der Waals surface area contributed by atoms with Crippen LogP contribution >= 0.6 is 0 Å². The number of nitrogens with zero attached hydrogens (tertiary/aromatic N) is 4. The highest BCUT2D eigenvalue weighted by Crippen LogP contribution is 2.50. The highest BCUT2D eigenvalue weighted by molar-refractivity contribution is 6.19. The van der Waals surface area contributed by atoms with E-state index in [9.17, 15) is 9.59 Å². The Labute approximate surface area is 125 Å². The van der Waals surface area contributed by atoms with Crippen molar-refractivity contribution >= 4 is 11.9 Å². The second-order valence-corrected chi connectivity index (χ2v) is 3.68. The Morgan fingerprint density at radius 1 is 0.727 bits per heavy atom. The van der Waals surface area contributed by atoms with Crippen molar-refractivity contribution in [1.29, 1.82) is 21.0 Å². The Bertz CT molecular complexity index is 732. The summed E-state index contributed by atoms with van der Waals surface area (Å²) in [4.78, 5) is 23.5. The van der Waals surface area contributed by atoms with Crippen LogP contribution < -0.4 is 0 Å². The first-order chi connectivity index (χ1) is 10.5. The number of carbonyl (C=O) groups excluding carboxylic acids is 2. The summed E-state index contributed by atoms with van der Waals surface area (Å²) in [6.07, 6.45) is 0. The zero-order chi connectivity index (χ0) is 16.9. The van der Waals surface area contributed by atoms with Crippen LogP contribution in [0.1, 0.15) is 0 Å². The molecule has 0 radical (unpaired) electrons. The van der Waals surface area contributed by atoms with Crippen LogP contribution in [0.15, 0.2) is 33.4 Å². The number of allylic oxidation sites excluding steroid dienone is 5. The van der Waals surface area contributed by atoms with Gasteiger partial charge in [0.05, 0.1) is 14.2 Å². The predicted molar refractivity (Wildman–Crippen MR) is 67.6 cm³/mol. The van der Waals surface area contributed by atoms with E-state index in [1.807, 2.05) is 0 Å². The molecule has 1 saturated carbocycles. The van der Waals surface area contributed by atoms with Gasteiger partial charge >= 0.3 is 11.9 Å². The molecule has 0 aromatic rings. The first kappa shape index (κ1) is 16.2. The molecule has 0 amide bonds. The first-order valence-electron chi connectivity index (χ1n) is 5.53. The molecule has 106 valence electrons. The summed E-state index contributed by atoms with van der Waals surface area (Å²) in [6.45, 7) is 0. The van der Waals surface area contributed by atoms with Gasteiger partial charge in [-0.05, 0) is 0 Å². The maximum Gasteiger partial charge on any atom is 0.345 e. The van der Waals surface area contributed by atoms with Gasteiger partial charge in [0.15, 0.2) is 5.57 Å². The molecule has 8 nitrogen and oxygen atoms in total. The van der Waals surface area contributed by atoms with E-state index < -0.39 is 28.7 Å². The van der Waals surface area contributed by atoms with Crippen molar-refractivity contribution in [1.82, 2.24) is 0 Å². The molecule has 0 spiro atoms. The van der Waals surface area contributed by atoms with Crippen molar-refractivity contribution in [3.63, 3.8) is 0 Å². The summed E-state index contributed by atoms with van der Waals surface area (Å²) in [5.41, 5.74) is -1.81. The number of nitriles is 4. The zero-order valence-electron chi connectivity index (χ0n) is 11.4. The molecule has 0 aliphatic heterocycles. The molecule has 22 heavy (non-hydrogen) atoms. The fourth-order valence-corrected chi connectivity index (χ4v) is 1.70.